The highest BCUT2D eigenvalue weighted by Gasteiger charge is 2.34. The number of nitrogens with one attached hydrogen (secondary N) is 2. The molecule has 1 unspecified atom stereocenters. The summed E-state index contributed by atoms with van der Waals surface area (Å²) in [6.07, 6.45) is -1.65. The van der Waals surface area contributed by atoms with E-state index in [0.717, 1.165) is 0 Å². The van der Waals surface area contributed by atoms with Crippen LogP contribution in [-0.4, -0.2) is 59.5 Å². The molecule has 3 aromatic carbocycles. The molecular weight excluding hydrogens is 488 g/mol. The maximum atomic E-state index is 13.8. The number of para-hydroxylation sites is 1. The van der Waals surface area contributed by atoms with Crippen molar-refractivity contribution in [3.05, 3.63) is 102 Å². The summed E-state index contributed by atoms with van der Waals surface area (Å²) in [4.78, 5) is 67.7. The lowest BCUT2D eigenvalue weighted by molar-refractivity contribution is -0.138. The summed E-state index contributed by atoms with van der Waals surface area (Å²) in [5.41, 5.74) is 2.37. The van der Waals surface area contributed by atoms with E-state index in [4.69, 9.17) is 5.11 Å². The first kappa shape index (κ1) is 26.0. The molecule has 1 aliphatic heterocycles. The largest absolute Gasteiger partial charge is 0.481 e. The van der Waals surface area contributed by atoms with Gasteiger partial charge in [0.1, 0.15) is 12.8 Å². The quantitative estimate of drug-likeness (QED) is 0.373. The highest BCUT2D eigenvalue weighted by molar-refractivity contribution is 6.21. The monoisotopic (exact) mass is 512 g/mol. The molecule has 0 bridgehead atoms. The molecule has 3 N–H and O–H groups in total. The number of aldehydes is 1. The molecule has 10 nitrogen and oxygen atoms in total. The normalized spacial score (nSPS) is 15.4. The molecule has 38 heavy (non-hydrogen) atoms. The van der Waals surface area contributed by atoms with Crippen molar-refractivity contribution in [3.8, 4) is 0 Å². The summed E-state index contributed by atoms with van der Waals surface area (Å²) in [7, 11) is 0. The Hall–Kier alpha value is -5.12. The molecule has 3 amide bonds. The van der Waals surface area contributed by atoms with Gasteiger partial charge < -0.3 is 20.5 Å². The number of carboxylic acids is 1. The topological polar surface area (TPSA) is 145 Å². The first-order chi connectivity index (χ1) is 18.4. The van der Waals surface area contributed by atoms with E-state index in [1.54, 1.807) is 54.6 Å². The minimum atomic E-state index is -1.38. The third kappa shape index (κ3) is 5.98. The number of hydrogen-bond donors (Lipinski definition) is 3. The molecule has 0 radical (unpaired) electrons. The minimum absolute atomic E-state index is 0.323. The van der Waals surface area contributed by atoms with Gasteiger partial charge in [0, 0.05) is 16.7 Å². The molecule has 3 aromatic rings. The average molecular weight is 513 g/mol. The second-order valence-electron chi connectivity index (χ2n) is 8.44. The molecule has 4 rings (SSSR count). The molecule has 192 valence electrons. The first-order valence-corrected chi connectivity index (χ1v) is 11.7. The lowest BCUT2D eigenvalue weighted by Crippen LogP contribution is -2.51. The van der Waals surface area contributed by atoms with Gasteiger partial charge in [0.25, 0.3) is 11.8 Å². The molecule has 0 fully saturated rings. The molecule has 0 saturated carbocycles. The predicted molar refractivity (Wildman–Crippen MR) is 139 cm³/mol. The predicted octanol–water partition coefficient (Wildman–Crippen LogP) is 1.79. The van der Waals surface area contributed by atoms with E-state index < -0.39 is 48.9 Å². The number of aliphatic imine (C=N–C) groups is 1. The van der Waals surface area contributed by atoms with Crippen LogP contribution in [0.2, 0.25) is 0 Å². The Morgan fingerprint density at radius 3 is 2.24 bits per heavy atom. The Labute approximate surface area is 218 Å². The summed E-state index contributed by atoms with van der Waals surface area (Å²) >= 11 is 0. The fourth-order valence-corrected chi connectivity index (χ4v) is 4.03. The summed E-state index contributed by atoms with van der Waals surface area (Å²) in [5.74, 6) is -3.22. The van der Waals surface area contributed by atoms with Crippen LogP contribution in [0.1, 0.15) is 27.9 Å². The second-order valence-corrected chi connectivity index (χ2v) is 8.44. The van der Waals surface area contributed by atoms with Gasteiger partial charge in [0.05, 0.1) is 23.9 Å². The fraction of sp³-hybridized carbons (Fsp3) is 0.143. The van der Waals surface area contributed by atoms with Crippen LogP contribution < -0.4 is 15.5 Å². The minimum Gasteiger partial charge on any atom is -0.481 e. The van der Waals surface area contributed by atoms with E-state index in [2.05, 4.69) is 15.6 Å². The van der Waals surface area contributed by atoms with E-state index in [9.17, 15) is 24.0 Å². The number of benzodiazepines with no additional fused rings is 1. The number of carbonyl (C=O) groups is 5. The third-order valence-electron chi connectivity index (χ3n) is 5.77. The molecule has 2 atom stereocenters. The average Bonchev–Trinajstić information content (AvgIpc) is 3.04. The molecule has 1 heterocycles. The van der Waals surface area contributed by atoms with Gasteiger partial charge in [-0.3, -0.25) is 24.1 Å². The SMILES string of the molecule is O=C[C@H](CC(=O)O)NC(=O)CN1C(=O)C(NC(=O)c2ccccc2)N=C(c2ccccc2)c2ccccc21. The van der Waals surface area contributed by atoms with Crippen molar-refractivity contribution in [2.45, 2.75) is 18.6 Å². The van der Waals surface area contributed by atoms with Gasteiger partial charge in [0.2, 0.25) is 12.1 Å². The smallest absolute Gasteiger partial charge is 0.305 e. The van der Waals surface area contributed by atoms with Gasteiger partial charge in [-0.05, 0) is 18.2 Å². The van der Waals surface area contributed by atoms with Crippen LogP contribution in [0.25, 0.3) is 0 Å². The molecule has 0 spiro atoms. The number of amides is 3. The number of fused-ring (bicyclic) bond motifs is 1. The fourth-order valence-electron chi connectivity index (χ4n) is 4.03. The Bertz CT molecular complexity index is 1390. The van der Waals surface area contributed by atoms with Crippen molar-refractivity contribution < 1.29 is 29.1 Å². The van der Waals surface area contributed by atoms with Crippen LogP contribution in [0, 0.1) is 0 Å². The van der Waals surface area contributed by atoms with E-state index in [-0.39, 0.29) is 0 Å². The number of carbonyl (C=O) groups excluding carboxylic acids is 4. The lowest BCUT2D eigenvalue weighted by Gasteiger charge is -2.25. The van der Waals surface area contributed by atoms with Crippen molar-refractivity contribution in [3.63, 3.8) is 0 Å². The number of carboxylic acid groups (broad SMARTS) is 1. The van der Waals surface area contributed by atoms with Crippen molar-refractivity contribution in [2.24, 2.45) is 4.99 Å². The molecule has 0 saturated heterocycles. The molecular formula is C28H24N4O6. The number of nitrogens with zero attached hydrogens (tertiary/aromatic N) is 2. The van der Waals surface area contributed by atoms with E-state index in [0.29, 0.717) is 34.4 Å². The Morgan fingerprint density at radius 2 is 1.58 bits per heavy atom. The number of benzene rings is 3. The lowest BCUT2D eigenvalue weighted by atomic mass is 10.0. The van der Waals surface area contributed by atoms with Gasteiger partial charge in [-0.2, -0.15) is 0 Å². The highest BCUT2D eigenvalue weighted by Crippen LogP contribution is 2.28. The summed E-state index contributed by atoms with van der Waals surface area (Å²) in [5, 5.41) is 14.0. The number of hydrogen-bond acceptors (Lipinski definition) is 6. The third-order valence-corrected chi connectivity index (χ3v) is 5.77. The zero-order chi connectivity index (χ0) is 27.1. The standard InChI is InChI=1S/C28H24N4O6/c33-17-20(15-24(35)36)29-23(34)16-32-22-14-8-7-13-21(22)25(18-9-3-1-4-10-18)30-26(28(32)38)31-27(37)19-11-5-2-6-12-19/h1-14,17,20,26H,15-16H2,(H,29,34)(H,31,37)(H,35,36)/t20-,26?/m0/s1. The maximum absolute atomic E-state index is 13.8. The summed E-state index contributed by atoms with van der Waals surface area (Å²) in [6.45, 7) is -0.533. The van der Waals surface area contributed by atoms with Crippen molar-refractivity contribution >= 4 is 41.4 Å². The Kier molecular flexibility index (Phi) is 8.02. The van der Waals surface area contributed by atoms with Crippen LogP contribution in [0.15, 0.2) is 89.9 Å². The van der Waals surface area contributed by atoms with Crippen LogP contribution in [0.4, 0.5) is 5.69 Å². The summed E-state index contributed by atoms with van der Waals surface area (Å²) in [6, 6.07) is 23.0. The summed E-state index contributed by atoms with van der Waals surface area (Å²) < 4.78 is 0. The van der Waals surface area contributed by atoms with Crippen molar-refractivity contribution in [2.75, 3.05) is 11.4 Å². The van der Waals surface area contributed by atoms with Crippen LogP contribution >= 0.6 is 0 Å². The Morgan fingerprint density at radius 1 is 0.947 bits per heavy atom. The van der Waals surface area contributed by atoms with Crippen LogP contribution in [0.5, 0.6) is 0 Å². The van der Waals surface area contributed by atoms with Gasteiger partial charge in [-0.1, -0.05) is 66.7 Å². The second kappa shape index (κ2) is 11.7. The Balaban J connectivity index is 1.73. The van der Waals surface area contributed by atoms with E-state index >= 15 is 0 Å². The van der Waals surface area contributed by atoms with Crippen LogP contribution in [-0.2, 0) is 19.2 Å². The van der Waals surface area contributed by atoms with Gasteiger partial charge in [-0.25, -0.2) is 4.99 Å². The molecule has 10 heteroatoms. The van der Waals surface area contributed by atoms with Crippen molar-refractivity contribution in [1.82, 2.24) is 10.6 Å². The first-order valence-electron chi connectivity index (χ1n) is 11.7. The van der Waals surface area contributed by atoms with Gasteiger partial charge >= 0.3 is 5.97 Å². The molecule has 1 aliphatic rings. The van der Waals surface area contributed by atoms with E-state index in [1.807, 2.05) is 30.3 Å². The molecule has 0 aliphatic carbocycles. The van der Waals surface area contributed by atoms with Crippen LogP contribution in [0.3, 0.4) is 0 Å². The van der Waals surface area contributed by atoms with Crippen molar-refractivity contribution in [1.29, 1.82) is 0 Å². The molecule has 0 aromatic heterocycles. The maximum Gasteiger partial charge on any atom is 0.305 e. The number of anilines is 1. The van der Waals surface area contributed by atoms with E-state index in [1.165, 1.54) is 4.90 Å². The zero-order valence-electron chi connectivity index (χ0n) is 20.1. The highest BCUT2D eigenvalue weighted by atomic mass is 16.4. The van der Waals surface area contributed by atoms with Gasteiger partial charge in [-0.15, -0.1) is 0 Å². The number of rotatable bonds is 9. The number of aliphatic carboxylic acids is 1. The zero-order valence-corrected chi connectivity index (χ0v) is 20.1. The van der Waals surface area contributed by atoms with Gasteiger partial charge in [0.15, 0.2) is 0 Å².